The molecule has 4 aromatic heterocycles. The molecule has 4 aromatic rings. The first-order valence-corrected chi connectivity index (χ1v) is 9.09. The summed E-state index contributed by atoms with van der Waals surface area (Å²) in [5.74, 6) is -0.517. The molecule has 0 radical (unpaired) electrons. The molecule has 0 aliphatic carbocycles. The summed E-state index contributed by atoms with van der Waals surface area (Å²) in [7, 11) is 1.39. The van der Waals surface area contributed by atoms with Gasteiger partial charge in [-0.15, -0.1) is 11.3 Å². The summed E-state index contributed by atoms with van der Waals surface area (Å²) in [4.78, 5) is 45.1. The van der Waals surface area contributed by atoms with E-state index in [1.807, 2.05) is 16.8 Å². The molecule has 0 aliphatic rings. The van der Waals surface area contributed by atoms with E-state index in [0.29, 0.717) is 5.69 Å². The summed E-state index contributed by atoms with van der Waals surface area (Å²) in [6.07, 6.45) is 0. The van der Waals surface area contributed by atoms with Crippen molar-refractivity contribution in [3.05, 3.63) is 58.9 Å². The molecule has 4 rings (SSSR count). The van der Waals surface area contributed by atoms with E-state index in [0.717, 1.165) is 15.1 Å². The van der Waals surface area contributed by atoms with Gasteiger partial charge < -0.3 is 10.1 Å². The van der Waals surface area contributed by atoms with Gasteiger partial charge in [0.1, 0.15) is 11.6 Å². The molecule has 0 saturated heterocycles. The second kappa shape index (κ2) is 6.00. The maximum Gasteiger partial charge on any atom is 0.437 e. The highest BCUT2D eigenvalue weighted by atomic mass is 32.1. The van der Waals surface area contributed by atoms with Crippen LogP contribution in [0, 0.1) is 10.1 Å². The van der Waals surface area contributed by atoms with Crippen molar-refractivity contribution >= 4 is 39.8 Å². The highest BCUT2D eigenvalue weighted by molar-refractivity contribution is 7.14. The first kappa shape index (κ1) is 16.4. The molecule has 10 nitrogen and oxygen atoms in total. The van der Waals surface area contributed by atoms with Crippen LogP contribution in [0.5, 0.6) is 0 Å². The second-order valence-corrected chi connectivity index (χ2v) is 7.04. The van der Waals surface area contributed by atoms with Crippen LogP contribution in [-0.4, -0.2) is 29.0 Å². The van der Waals surface area contributed by atoms with Crippen LogP contribution in [0.3, 0.4) is 0 Å². The monoisotopic (exact) mass is 390 g/mol. The van der Waals surface area contributed by atoms with Crippen LogP contribution in [0.1, 0.15) is 5.69 Å². The van der Waals surface area contributed by atoms with Gasteiger partial charge in [-0.1, -0.05) is 0 Å². The largest absolute Gasteiger partial charge is 0.437 e. The Kier molecular flexibility index (Phi) is 3.77. The lowest BCUT2D eigenvalue weighted by Gasteiger charge is -2.00. The molecule has 0 spiro atoms. The minimum absolute atomic E-state index is 0.00522. The molecular formula is C14H10N6O4S2. The summed E-state index contributed by atoms with van der Waals surface area (Å²) in [5, 5.41) is 17.8. The lowest BCUT2D eigenvalue weighted by atomic mass is 10.3. The van der Waals surface area contributed by atoms with Gasteiger partial charge in [-0.05, 0) is 21.4 Å². The van der Waals surface area contributed by atoms with Gasteiger partial charge in [0, 0.05) is 23.4 Å². The molecule has 1 N–H and O–H groups in total. The Balaban J connectivity index is 1.87. The van der Waals surface area contributed by atoms with E-state index in [1.54, 1.807) is 16.7 Å². The van der Waals surface area contributed by atoms with Gasteiger partial charge in [-0.3, -0.25) is 14.3 Å². The third-order valence-corrected chi connectivity index (χ3v) is 5.41. The van der Waals surface area contributed by atoms with Crippen molar-refractivity contribution in [2.24, 2.45) is 7.05 Å². The summed E-state index contributed by atoms with van der Waals surface area (Å²) in [6, 6.07) is 1.93. The summed E-state index contributed by atoms with van der Waals surface area (Å²) < 4.78 is 2.23. The van der Waals surface area contributed by atoms with Gasteiger partial charge in [-0.2, -0.15) is 11.3 Å². The summed E-state index contributed by atoms with van der Waals surface area (Å²) >= 11 is 2.96. The number of hydrogen-bond acceptors (Lipinski definition) is 8. The Bertz CT molecular complexity index is 1250. The number of thiophene rings is 1. The lowest BCUT2D eigenvalue weighted by molar-refractivity contribution is -0.396. The van der Waals surface area contributed by atoms with Crippen LogP contribution in [0.15, 0.2) is 31.8 Å². The van der Waals surface area contributed by atoms with Crippen LogP contribution in [0.25, 0.3) is 21.7 Å². The van der Waals surface area contributed by atoms with Gasteiger partial charge >= 0.3 is 11.6 Å². The van der Waals surface area contributed by atoms with Crippen molar-refractivity contribution in [2.45, 2.75) is 6.54 Å². The molecule has 0 atom stereocenters. The van der Waals surface area contributed by atoms with E-state index in [1.165, 1.54) is 23.0 Å². The highest BCUT2D eigenvalue weighted by Gasteiger charge is 2.27. The number of nitrogens with one attached hydrogen (secondary N) is 1. The number of nitro groups is 1. The predicted molar refractivity (Wildman–Crippen MR) is 96.8 cm³/mol. The van der Waals surface area contributed by atoms with Crippen LogP contribution >= 0.6 is 22.7 Å². The maximum absolute atomic E-state index is 12.2. The van der Waals surface area contributed by atoms with Crippen molar-refractivity contribution in [1.29, 1.82) is 0 Å². The second-order valence-electron chi connectivity index (χ2n) is 5.40. The quantitative estimate of drug-likeness (QED) is 0.416. The van der Waals surface area contributed by atoms with Crippen molar-refractivity contribution in [2.75, 3.05) is 0 Å². The minimum Gasteiger partial charge on any atom is -0.390 e. The molecule has 0 unspecified atom stereocenters. The third kappa shape index (κ3) is 2.55. The number of fused-ring (bicyclic) bond motifs is 1. The molecule has 0 amide bonds. The fraction of sp³-hybridized carbons (Fsp3) is 0.143. The number of H-pyrrole nitrogens is 1. The highest BCUT2D eigenvalue weighted by Crippen LogP contribution is 2.27. The van der Waals surface area contributed by atoms with Crippen molar-refractivity contribution in [3.63, 3.8) is 0 Å². The fourth-order valence-corrected chi connectivity index (χ4v) is 4.10. The van der Waals surface area contributed by atoms with Crippen LogP contribution in [0.2, 0.25) is 0 Å². The van der Waals surface area contributed by atoms with E-state index in [4.69, 9.17) is 0 Å². The van der Waals surface area contributed by atoms with Gasteiger partial charge in [-0.25, -0.2) is 14.3 Å². The number of nitrogens with zero attached hydrogens (tertiary/aromatic N) is 5. The molecule has 4 heterocycles. The average molecular weight is 390 g/mol. The Morgan fingerprint density at radius 2 is 2.12 bits per heavy atom. The lowest BCUT2D eigenvalue weighted by Crippen LogP contribution is -2.29. The van der Waals surface area contributed by atoms with Gasteiger partial charge in [0.05, 0.1) is 5.69 Å². The van der Waals surface area contributed by atoms with E-state index < -0.39 is 22.1 Å². The number of imidazole rings is 1. The smallest absolute Gasteiger partial charge is 0.390 e. The van der Waals surface area contributed by atoms with Crippen LogP contribution in [0.4, 0.5) is 5.95 Å². The zero-order valence-electron chi connectivity index (χ0n) is 13.2. The Hall–Kier alpha value is -3.12. The Labute approximate surface area is 152 Å². The van der Waals surface area contributed by atoms with Crippen molar-refractivity contribution in [3.8, 4) is 10.6 Å². The van der Waals surface area contributed by atoms with E-state index in [2.05, 4.69) is 15.0 Å². The van der Waals surface area contributed by atoms with E-state index >= 15 is 0 Å². The van der Waals surface area contributed by atoms with Gasteiger partial charge in [0.25, 0.3) is 11.2 Å². The number of aromatic amines is 1. The number of rotatable bonds is 4. The zero-order chi connectivity index (χ0) is 18.4. The Morgan fingerprint density at radius 1 is 1.31 bits per heavy atom. The first-order chi connectivity index (χ1) is 12.5. The zero-order valence-corrected chi connectivity index (χ0v) is 14.8. The average Bonchev–Trinajstić information content (AvgIpc) is 3.32. The normalized spacial score (nSPS) is 11.3. The first-order valence-electron chi connectivity index (χ1n) is 7.26. The summed E-state index contributed by atoms with van der Waals surface area (Å²) in [5.41, 5.74) is 0.0402. The van der Waals surface area contributed by atoms with Crippen LogP contribution in [-0.2, 0) is 13.6 Å². The maximum atomic E-state index is 12.2. The standard InChI is InChI=1S/C14H10N6O4S2/c1-18-10-9(11(21)17-14(18)22)19(13(16-10)20(23)24)4-8-6-26-12(15-8)7-2-3-25-5-7/h2-3,5-6H,4H2,1H3,(H,17,21,22). The molecular weight excluding hydrogens is 380 g/mol. The topological polar surface area (TPSA) is 129 Å². The molecule has 0 saturated carbocycles. The molecule has 132 valence electrons. The molecule has 0 fully saturated rings. The molecule has 12 heteroatoms. The number of thiazole rings is 1. The van der Waals surface area contributed by atoms with Crippen molar-refractivity contribution < 1.29 is 4.92 Å². The third-order valence-electron chi connectivity index (χ3n) is 3.79. The Morgan fingerprint density at radius 3 is 2.81 bits per heavy atom. The number of aryl methyl sites for hydroxylation is 1. The van der Waals surface area contributed by atoms with Crippen LogP contribution < -0.4 is 11.2 Å². The van der Waals surface area contributed by atoms with Gasteiger partial charge in [0.15, 0.2) is 0 Å². The van der Waals surface area contributed by atoms with E-state index in [9.17, 15) is 19.7 Å². The minimum atomic E-state index is -0.725. The summed E-state index contributed by atoms with van der Waals surface area (Å²) in [6.45, 7) is -0.00522. The molecule has 0 bridgehead atoms. The number of aromatic nitrogens is 5. The van der Waals surface area contributed by atoms with Gasteiger partial charge in [0.2, 0.25) is 5.52 Å². The number of hydrogen-bond donors (Lipinski definition) is 1. The fourth-order valence-electron chi connectivity index (χ4n) is 2.57. The molecule has 0 aliphatic heterocycles. The molecule has 0 aromatic carbocycles. The van der Waals surface area contributed by atoms with E-state index in [-0.39, 0.29) is 17.7 Å². The molecule has 26 heavy (non-hydrogen) atoms. The predicted octanol–water partition coefficient (Wildman–Crippen LogP) is 1.56. The van der Waals surface area contributed by atoms with Crippen molar-refractivity contribution in [1.82, 2.24) is 24.1 Å². The SMILES string of the molecule is Cn1c(=O)[nH]c(=O)c2c1nc([N+](=O)[O-])n2Cc1csc(-c2ccsc2)n1.